The van der Waals surface area contributed by atoms with Crippen molar-refractivity contribution in [1.82, 2.24) is 9.88 Å². The maximum absolute atomic E-state index is 6.13. The van der Waals surface area contributed by atoms with Gasteiger partial charge in [-0.25, -0.2) is 0 Å². The van der Waals surface area contributed by atoms with Gasteiger partial charge in [0.2, 0.25) is 0 Å². The second kappa shape index (κ2) is 6.92. The molecule has 1 atom stereocenters. The molecule has 0 bridgehead atoms. The summed E-state index contributed by atoms with van der Waals surface area (Å²) >= 11 is 1.89. The Balaban J connectivity index is 1.26. The van der Waals surface area contributed by atoms with Gasteiger partial charge in [-0.3, -0.25) is 9.88 Å². The first-order valence-corrected chi connectivity index (χ1v) is 9.45. The molecule has 0 radical (unpaired) electrons. The zero-order valence-corrected chi connectivity index (χ0v) is 14.9. The van der Waals surface area contributed by atoms with E-state index in [1.54, 1.807) is 0 Å². The molecule has 4 nitrogen and oxygen atoms in total. The van der Waals surface area contributed by atoms with Crippen molar-refractivity contribution < 1.29 is 9.47 Å². The Morgan fingerprint density at radius 2 is 2.12 bits per heavy atom. The molecule has 24 heavy (non-hydrogen) atoms. The van der Waals surface area contributed by atoms with Gasteiger partial charge in [-0.15, -0.1) is 11.3 Å². The molecule has 0 amide bonds. The van der Waals surface area contributed by atoms with E-state index in [2.05, 4.69) is 28.9 Å². The summed E-state index contributed by atoms with van der Waals surface area (Å²) in [7, 11) is 0. The molecule has 0 N–H and O–H groups in total. The van der Waals surface area contributed by atoms with E-state index in [0.717, 1.165) is 39.1 Å². The van der Waals surface area contributed by atoms with E-state index in [0.29, 0.717) is 12.7 Å². The fraction of sp³-hybridized carbons (Fsp3) is 0.526. The number of hydrogen-bond donors (Lipinski definition) is 0. The molecule has 2 saturated heterocycles. The van der Waals surface area contributed by atoms with Crippen LogP contribution in [0, 0.1) is 6.92 Å². The normalized spacial score (nSPS) is 23.3. The fourth-order valence-corrected chi connectivity index (χ4v) is 4.64. The van der Waals surface area contributed by atoms with Gasteiger partial charge in [-0.1, -0.05) is 0 Å². The predicted octanol–water partition coefficient (Wildman–Crippen LogP) is 3.40. The molecule has 5 heteroatoms. The number of ether oxygens (including phenoxy) is 2. The second-order valence-electron chi connectivity index (χ2n) is 6.97. The van der Waals surface area contributed by atoms with Crippen LogP contribution in [-0.4, -0.2) is 41.3 Å². The van der Waals surface area contributed by atoms with Crippen molar-refractivity contribution in [2.45, 2.75) is 44.6 Å². The van der Waals surface area contributed by atoms with E-state index >= 15 is 0 Å². The maximum atomic E-state index is 6.13. The molecule has 1 spiro atoms. The van der Waals surface area contributed by atoms with Crippen LogP contribution in [0.1, 0.15) is 28.2 Å². The molecule has 128 valence electrons. The number of nitrogens with zero attached hydrogens (tertiary/aromatic N) is 2. The minimum atomic E-state index is 0.0213. The molecule has 0 unspecified atom stereocenters. The van der Waals surface area contributed by atoms with Crippen molar-refractivity contribution in [3.63, 3.8) is 0 Å². The third-order valence-electron chi connectivity index (χ3n) is 4.88. The van der Waals surface area contributed by atoms with Gasteiger partial charge in [0, 0.05) is 54.8 Å². The molecular formula is C19H24N2O2S. The largest absolute Gasteiger partial charge is 0.373 e. The molecule has 0 aromatic carbocycles. The van der Waals surface area contributed by atoms with Crippen LogP contribution in [0.3, 0.4) is 0 Å². The molecule has 4 rings (SSSR count). The lowest BCUT2D eigenvalue weighted by Gasteiger charge is -2.53. The summed E-state index contributed by atoms with van der Waals surface area (Å²) in [6.45, 7) is 6.75. The first-order chi connectivity index (χ1) is 11.7. The average Bonchev–Trinajstić information content (AvgIpc) is 2.98. The van der Waals surface area contributed by atoms with Gasteiger partial charge in [-0.05, 0) is 43.2 Å². The van der Waals surface area contributed by atoms with Crippen molar-refractivity contribution in [3.05, 3.63) is 52.0 Å². The molecule has 2 fully saturated rings. The lowest BCUT2D eigenvalue weighted by molar-refractivity contribution is -0.200. The molecule has 2 aromatic rings. The number of thiophene rings is 1. The minimum Gasteiger partial charge on any atom is -0.373 e. The highest BCUT2D eigenvalue weighted by Gasteiger charge is 2.47. The van der Waals surface area contributed by atoms with Gasteiger partial charge < -0.3 is 9.47 Å². The Morgan fingerprint density at radius 3 is 2.88 bits per heavy atom. The monoisotopic (exact) mass is 344 g/mol. The van der Waals surface area contributed by atoms with Crippen molar-refractivity contribution in [1.29, 1.82) is 0 Å². The van der Waals surface area contributed by atoms with Crippen LogP contribution in [0.25, 0.3) is 0 Å². The van der Waals surface area contributed by atoms with E-state index < -0.39 is 0 Å². The SMILES string of the molecule is Cc1ccc(CN2CC3(C[C@H](OCc4ccncc4)CCO3)C2)s1. The highest BCUT2D eigenvalue weighted by Crippen LogP contribution is 2.36. The van der Waals surface area contributed by atoms with Crippen LogP contribution < -0.4 is 0 Å². The van der Waals surface area contributed by atoms with Crippen molar-refractivity contribution in [2.24, 2.45) is 0 Å². The Labute approximate surface area is 147 Å². The summed E-state index contributed by atoms with van der Waals surface area (Å²) in [5, 5.41) is 0. The zero-order valence-electron chi connectivity index (χ0n) is 14.1. The number of likely N-dealkylation sites (tertiary alicyclic amines) is 1. The van der Waals surface area contributed by atoms with Gasteiger partial charge in [0.25, 0.3) is 0 Å². The van der Waals surface area contributed by atoms with E-state index in [1.807, 2.05) is 35.9 Å². The van der Waals surface area contributed by atoms with Crippen molar-refractivity contribution >= 4 is 11.3 Å². The summed E-state index contributed by atoms with van der Waals surface area (Å²) in [5.74, 6) is 0. The molecule has 2 aromatic heterocycles. The molecular weight excluding hydrogens is 320 g/mol. The summed E-state index contributed by atoms with van der Waals surface area (Å²) in [6.07, 6.45) is 5.95. The van der Waals surface area contributed by atoms with E-state index in [1.165, 1.54) is 15.3 Å². The summed E-state index contributed by atoms with van der Waals surface area (Å²) in [4.78, 5) is 9.37. The third-order valence-corrected chi connectivity index (χ3v) is 5.87. The van der Waals surface area contributed by atoms with Crippen molar-refractivity contribution in [3.8, 4) is 0 Å². The predicted molar refractivity (Wildman–Crippen MR) is 95.1 cm³/mol. The second-order valence-corrected chi connectivity index (χ2v) is 8.34. The Kier molecular flexibility index (Phi) is 4.68. The Bertz CT molecular complexity index is 667. The number of aromatic nitrogens is 1. The van der Waals surface area contributed by atoms with E-state index in [-0.39, 0.29) is 5.60 Å². The molecule has 0 saturated carbocycles. The zero-order chi connectivity index (χ0) is 16.4. The maximum Gasteiger partial charge on any atom is 0.0959 e. The minimum absolute atomic E-state index is 0.0213. The lowest BCUT2D eigenvalue weighted by atomic mass is 9.84. The molecule has 2 aliphatic heterocycles. The van der Waals surface area contributed by atoms with Gasteiger partial charge >= 0.3 is 0 Å². The van der Waals surface area contributed by atoms with E-state index in [9.17, 15) is 0 Å². The Morgan fingerprint density at radius 1 is 1.29 bits per heavy atom. The van der Waals surface area contributed by atoms with Gasteiger partial charge in [-0.2, -0.15) is 0 Å². The van der Waals surface area contributed by atoms with Crippen LogP contribution in [0.15, 0.2) is 36.7 Å². The number of pyridine rings is 1. The summed E-state index contributed by atoms with van der Waals surface area (Å²) < 4.78 is 12.3. The fourth-order valence-electron chi connectivity index (χ4n) is 3.71. The first kappa shape index (κ1) is 16.2. The molecule has 2 aliphatic rings. The first-order valence-electron chi connectivity index (χ1n) is 8.63. The number of rotatable bonds is 5. The number of hydrogen-bond acceptors (Lipinski definition) is 5. The Hall–Kier alpha value is -1.27. The van der Waals surface area contributed by atoms with E-state index in [4.69, 9.17) is 9.47 Å². The molecule has 4 heterocycles. The van der Waals surface area contributed by atoms with Crippen LogP contribution in [0.2, 0.25) is 0 Å². The summed E-state index contributed by atoms with van der Waals surface area (Å²) in [6, 6.07) is 8.48. The topological polar surface area (TPSA) is 34.6 Å². The average molecular weight is 344 g/mol. The lowest BCUT2D eigenvalue weighted by Crippen LogP contribution is -2.65. The highest BCUT2D eigenvalue weighted by atomic mass is 32.1. The third kappa shape index (κ3) is 3.70. The van der Waals surface area contributed by atoms with Crippen LogP contribution in [0.4, 0.5) is 0 Å². The molecule has 0 aliphatic carbocycles. The summed E-state index contributed by atoms with van der Waals surface area (Å²) in [5.41, 5.74) is 1.21. The van der Waals surface area contributed by atoms with Gasteiger partial charge in [0.15, 0.2) is 0 Å². The van der Waals surface area contributed by atoms with Crippen LogP contribution >= 0.6 is 11.3 Å². The number of aryl methyl sites for hydroxylation is 1. The van der Waals surface area contributed by atoms with Gasteiger partial charge in [0.05, 0.1) is 18.3 Å². The van der Waals surface area contributed by atoms with Crippen LogP contribution in [0.5, 0.6) is 0 Å². The van der Waals surface area contributed by atoms with Gasteiger partial charge in [0.1, 0.15) is 0 Å². The highest BCUT2D eigenvalue weighted by molar-refractivity contribution is 7.11. The quantitative estimate of drug-likeness (QED) is 0.833. The smallest absolute Gasteiger partial charge is 0.0959 e. The van der Waals surface area contributed by atoms with Crippen molar-refractivity contribution in [2.75, 3.05) is 19.7 Å². The standard InChI is InChI=1S/C19H24N2O2S/c1-15-2-3-18(24-15)11-21-13-19(14-21)10-17(6-9-23-19)22-12-16-4-7-20-8-5-16/h2-5,7-8,17H,6,9-14H2,1H3/t17-/m1/s1. The van der Waals surface area contributed by atoms with Crippen LogP contribution in [-0.2, 0) is 22.6 Å².